The highest BCUT2D eigenvalue weighted by Gasteiger charge is 2.15. The van der Waals surface area contributed by atoms with E-state index in [2.05, 4.69) is 5.32 Å². The van der Waals surface area contributed by atoms with Crippen LogP contribution in [0.15, 0.2) is 42.5 Å². The second kappa shape index (κ2) is 8.39. The van der Waals surface area contributed by atoms with Crippen LogP contribution < -0.4 is 23.8 Å². The van der Waals surface area contributed by atoms with Crippen molar-refractivity contribution in [3.63, 3.8) is 0 Å². The zero-order valence-electron chi connectivity index (χ0n) is 15.7. The molecule has 0 bridgehead atoms. The molecule has 1 aliphatic heterocycles. The van der Waals surface area contributed by atoms with Gasteiger partial charge in [-0.25, -0.2) is 8.42 Å². The van der Waals surface area contributed by atoms with Crippen LogP contribution in [0, 0.1) is 0 Å². The van der Waals surface area contributed by atoms with Crippen LogP contribution in [-0.2, 0) is 21.4 Å². The number of carbonyl (C=O) groups excluding carboxylic acids is 1. The van der Waals surface area contributed by atoms with Crippen molar-refractivity contribution in [3.8, 4) is 17.2 Å². The lowest BCUT2D eigenvalue weighted by Gasteiger charge is -2.20. The molecule has 150 valence electrons. The molecule has 28 heavy (non-hydrogen) atoms. The second-order valence-electron chi connectivity index (χ2n) is 6.17. The molecule has 0 unspecified atom stereocenters. The number of rotatable bonds is 8. The van der Waals surface area contributed by atoms with Gasteiger partial charge in [0.05, 0.1) is 11.9 Å². The van der Waals surface area contributed by atoms with Crippen LogP contribution in [0.2, 0.25) is 0 Å². The van der Waals surface area contributed by atoms with Crippen molar-refractivity contribution in [1.29, 1.82) is 0 Å². The van der Waals surface area contributed by atoms with Crippen molar-refractivity contribution < 1.29 is 27.4 Å². The molecule has 2 aromatic rings. The number of fused-ring (bicyclic) bond motifs is 1. The minimum Gasteiger partial charge on any atom is -0.484 e. The molecule has 1 amide bonds. The highest BCUT2D eigenvalue weighted by Crippen LogP contribution is 2.32. The SMILES string of the molecule is CCN(c1ccc(OCC(=O)NCc2ccc3c(c2)OCO3)cc1)S(C)(=O)=O. The molecule has 0 saturated carbocycles. The number of anilines is 1. The molecule has 0 aromatic heterocycles. The van der Waals surface area contributed by atoms with E-state index in [1.807, 2.05) is 12.1 Å². The van der Waals surface area contributed by atoms with Crippen LogP contribution in [0.4, 0.5) is 5.69 Å². The van der Waals surface area contributed by atoms with Gasteiger partial charge in [-0.15, -0.1) is 0 Å². The van der Waals surface area contributed by atoms with Crippen molar-refractivity contribution in [3.05, 3.63) is 48.0 Å². The largest absolute Gasteiger partial charge is 0.484 e. The number of amides is 1. The van der Waals surface area contributed by atoms with E-state index in [-0.39, 0.29) is 19.3 Å². The van der Waals surface area contributed by atoms with Crippen LogP contribution >= 0.6 is 0 Å². The molecule has 0 radical (unpaired) electrons. The lowest BCUT2D eigenvalue weighted by Crippen LogP contribution is -2.29. The third-order valence-electron chi connectivity index (χ3n) is 4.11. The molecule has 1 aliphatic rings. The summed E-state index contributed by atoms with van der Waals surface area (Å²) >= 11 is 0. The van der Waals surface area contributed by atoms with Gasteiger partial charge in [0, 0.05) is 13.1 Å². The molecular formula is C19H22N2O6S. The fraction of sp³-hybridized carbons (Fsp3) is 0.316. The molecular weight excluding hydrogens is 384 g/mol. The minimum atomic E-state index is -3.33. The predicted molar refractivity (Wildman–Crippen MR) is 104 cm³/mol. The molecule has 3 rings (SSSR count). The number of benzene rings is 2. The van der Waals surface area contributed by atoms with E-state index in [0.717, 1.165) is 11.8 Å². The summed E-state index contributed by atoms with van der Waals surface area (Å²) in [6.45, 7) is 2.50. The Morgan fingerprint density at radius 3 is 2.54 bits per heavy atom. The third-order valence-corrected chi connectivity index (χ3v) is 5.38. The van der Waals surface area contributed by atoms with Gasteiger partial charge in [0.25, 0.3) is 5.91 Å². The standard InChI is InChI=1S/C19H22N2O6S/c1-3-21(28(2,23)24)15-5-7-16(8-6-15)25-12-19(22)20-11-14-4-9-17-18(10-14)27-13-26-17/h4-10H,3,11-13H2,1-2H3,(H,20,22). The molecule has 0 fully saturated rings. The Balaban J connectivity index is 1.49. The Bertz CT molecular complexity index is 943. The molecule has 0 aliphatic carbocycles. The van der Waals surface area contributed by atoms with E-state index >= 15 is 0 Å². The van der Waals surface area contributed by atoms with Crippen LogP contribution in [0.25, 0.3) is 0 Å². The predicted octanol–water partition coefficient (Wildman–Crippen LogP) is 1.90. The van der Waals surface area contributed by atoms with E-state index in [1.54, 1.807) is 37.3 Å². The number of nitrogens with one attached hydrogen (secondary N) is 1. The summed E-state index contributed by atoms with van der Waals surface area (Å²) in [5, 5.41) is 2.77. The van der Waals surface area contributed by atoms with Gasteiger partial charge in [-0.05, 0) is 48.9 Å². The van der Waals surface area contributed by atoms with Gasteiger partial charge in [-0.2, -0.15) is 0 Å². The Morgan fingerprint density at radius 1 is 1.14 bits per heavy atom. The van der Waals surface area contributed by atoms with E-state index in [0.29, 0.717) is 36.0 Å². The molecule has 0 atom stereocenters. The third kappa shape index (κ3) is 4.86. The Morgan fingerprint density at radius 2 is 1.86 bits per heavy atom. The van der Waals surface area contributed by atoms with E-state index in [1.165, 1.54) is 4.31 Å². The smallest absolute Gasteiger partial charge is 0.258 e. The van der Waals surface area contributed by atoms with Crippen molar-refractivity contribution >= 4 is 21.6 Å². The maximum Gasteiger partial charge on any atom is 0.258 e. The van der Waals surface area contributed by atoms with Gasteiger partial charge in [0.15, 0.2) is 18.1 Å². The zero-order chi connectivity index (χ0) is 20.1. The first-order valence-electron chi connectivity index (χ1n) is 8.72. The van der Waals surface area contributed by atoms with Crippen LogP contribution in [0.3, 0.4) is 0 Å². The topological polar surface area (TPSA) is 94.2 Å². The van der Waals surface area contributed by atoms with Gasteiger partial charge >= 0.3 is 0 Å². The van der Waals surface area contributed by atoms with Crippen LogP contribution in [0.1, 0.15) is 12.5 Å². The molecule has 9 heteroatoms. The van der Waals surface area contributed by atoms with Crippen LogP contribution in [0.5, 0.6) is 17.2 Å². The lowest BCUT2D eigenvalue weighted by molar-refractivity contribution is -0.123. The first-order chi connectivity index (χ1) is 13.4. The van der Waals surface area contributed by atoms with E-state index in [4.69, 9.17) is 14.2 Å². The number of carbonyl (C=O) groups is 1. The normalized spacial score (nSPS) is 12.5. The van der Waals surface area contributed by atoms with Gasteiger partial charge in [0.2, 0.25) is 16.8 Å². The number of hydrogen-bond acceptors (Lipinski definition) is 6. The van der Waals surface area contributed by atoms with E-state index in [9.17, 15) is 13.2 Å². The first-order valence-corrected chi connectivity index (χ1v) is 10.6. The van der Waals surface area contributed by atoms with Gasteiger partial charge < -0.3 is 19.5 Å². The van der Waals surface area contributed by atoms with Crippen molar-refractivity contribution in [2.24, 2.45) is 0 Å². The molecule has 1 heterocycles. The zero-order valence-corrected chi connectivity index (χ0v) is 16.5. The summed E-state index contributed by atoms with van der Waals surface area (Å²) in [6.07, 6.45) is 1.16. The molecule has 2 aromatic carbocycles. The van der Waals surface area contributed by atoms with Crippen molar-refractivity contribution in [1.82, 2.24) is 5.32 Å². The average molecular weight is 406 g/mol. The number of hydrogen-bond donors (Lipinski definition) is 1. The fourth-order valence-electron chi connectivity index (χ4n) is 2.77. The number of ether oxygens (including phenoxy) is 3. The summed E-state index contributed by atoms with van der Waals surface area (Å²) < 4.78 is 40.8. The Kier molecular flexibility index (Phi) is 5.93. The summed E-state index contributed by atoms with van der Waals surface area (Å²) in [5.41, 5.74) is 1.44. The number of nitrogens with zero attached hydrogens (tertiary/aromatic N) is 1. The highest BCUT2D eigenvalue weighted by molar-refractivity contribution is 7.92. The summed E-state index contributed by atoms with van der Waals surface area (Å²) in [5.74, 6) is 1.57. The number of sulfonamides is 1. The quantitative estimate of drug-likeness (QED) is 0.720. The second-order valence-corrected chi connectivity index (χ2v) is 8.08. The van der Waals surface area contributed by atoms with Gasteiger partial charge in [-0.1, -0.05) is 6.07 Å². The summed E-state index contributed by atoms with van der Waals surface area (Å²) in [7, 11) is -3.33. The van der Waals surface area contributed by atoms with Crippen molar-refractivity contribution in [2.75, 3.05) is 30.5 Å². The summed E-state index contributed by atoms with van der Waals surface area (Å²) in [6, 6.07) is 12.0. The summed E-state index contributed by atoms with van der Waals surface area (Å²) in [4.78, 5) is 12.0. The molecule has 1 N–H and O–H groups in total. The maximum atomic E-state index is 12.0. The van der Waals surface area contributed by atoms with Crippen LogP contribution in [-0.4, -0.2) is 40.5 Å². The monoisotopic (exact) mass is 406 g/mol. The maximum absolute atomic E-state index is 12.0. The first kappa shape index (κ1) is 19.8. The lowest BCUT2D eigenvalue weighted by atomic mass is 10.2. The highest BCUT2D eigenvalue weighted by atomic mass is 32.2. The van der Waals surface area contributed by atoms with Gasteiger partial charge in [0.1, 0.15) is 5.75 Å². The van der Waals surface area contributed by atoms with Crippen molar-refractivity contribution in [2.45, 2.75) is 13.5 Å². The minimum absolute atomic E-state index is 0.145. The molecule has 8 nitrogen and oxygen atoms in total. The molecule has 0 spiro atoms. The van der Waals surface area contributed by atoms with Gasteiger partial charge in [-0.3, -0.25) is 9.10 Å². The average Bonchev–Trinajstić information content (AvgIpc) is 3.13. The Labute approximate surface area is 164 Å². The van der Waals surface area contributed by atoms with E-state index < -0.39 is 10.0 Å². The fourth-order valence-corrected chi connectivity index (χ4v) is 3.74. The molecule has 0 saturated heterocycles. The Hall–Kier alpha value is -2.94.